The third-order valence-electron chi connectivity index (χ3n) is 3.45. The Labute approximate surface area is 112 Å². The fourth-order valence-corrected chi connectivity index (χ4v) is 2.40. The van der Waals surface area contributed by atoms with Crippen molar-refractivity contribution in [2.24, 2.45) is 0 Å². The maximum atomic E-state index is 12.5. The van der Waals surface area contributed by atoms with Gasteiger partial charge in [0, 0.05) is 5.56 Å². The summed E-state index contributed by atoms with van der Waals surface area (Å²) in [5.74, 6) is 0.764. The fourth-order valence-electron chi connectivity index (χ4n) is 2.40. The van der Waals surface area contributed by atoms with E-state index in [1.54, 1.807) is 7.11 Å². The second-order valence-corrected chi connectivity index (χ2v) is 4.56. The van der Waals surface area contributed by atoms with Crippen LogP contribution in [0.4, 0.5) is 0 Å². The molecule has 0 spiro atoms. The highest BCUT2D eigenvalue weighted by molar-refractivity contribution is 6.07. The molecule has 0 heterocycles. The molecule has 94 valence electrons. The summed E-state index contributed by atoms with van der Waals surface area (Å²) >= 11 is 0. The number of allylic oxidation sites excluding steroid dienone is 1. The Kier molecular flexibility index (Phi) is 2.92. The first-order valence-electron chi connectivity index (χ1n) is 6.25. The van der Waals surface area contributed by atoms with E-state index < -0.39 is 0 Å². The summed E-state index contributed by atoms with van der Waals surface area (Å²) in [7, 11) is 1.64. The molecule has 0 bridgehead atoms. The van der Waals surface area contributed by atoms with E-state index in [-0.39, 0.29) is 11.7 Å². The molecule has 2 aromatic carbocycles. The van der Waals surface area contributed by atoms with Gasteiger partial charge in [0.05, 0.1) is 13.0 Å². The number of fused-ring (bicyclic) bond motifs is 1. The lowest BCUT2D eigenvalue weighted by Crippen LogP contribution is -2.15. The quantitative estimate of drug-likeness (QED) is 0.812. The van der Waals surface area contributed by atoms with E-state index in [2.05, 4.69) is 0 Å². The summed E-state index contributed by atoms with van der Waals surface area (Å²) in [4.78, 5) is 12.5. The molecular weight excluding hydrogens is 236 g/mol. The monoisotopic (exact) mass is 250 g/mol. The molecule has 19 heavy (non-hydrogen) atoms. The van der Waals surface area contributed by atoms with E-state index >= 15 is 0 Å². The van der Waals surface area contributed by atoms with Crippen LogP contribution in [0.5, 0.6) is 5.75 Å². The number of ether oxygens (including phenoxy) is 1. The van der Waals surface area contributed by atoms with Gasteiger partial charge in [0.25, 0.3) is 0 Å². The number of methoxy groups -OCH3 is 1. The Bertz CT molecular complexity index is 639. The van der Waals surface area contributed by atoms with Gasteiger partial charge in [0.1, 0.15) is 5.75 Å². The molecule has 1 aliphatic carbocycles. The average molecular weight is 250 g/mol. The SMILES string of the molecule is COc1ccc(C2C=Cc3ccccc3C2=O)cc1. The Morgan fingerprint density at radius 3 is 2.47 bits per heavy atom. The van der Waals surface area contributed by atoms with E-state index in [0.717, 1.165) is 22.4 Å². The number of hydrogen-bond donors (Lipinski definition) is 0. The minimum absolute atomic E-state index is 0.156. The van der Waals surface area contributed by atoms with Crippen molar-refractivity contribution in [3.63, 3.8) is 0 Å². The summed E-state index contributed by atoms with van der Waals surface area (Å²) in [6, 6.07) is 15.4. The normalized spacial score (nSPS) is 17.1. The number of Topliss-reactive ketones (excluding diaryl/α,β-unsaturated/α-hetero) is 1. The van der Waals surface area contributed by atoms with Crippen LogP contribution in [0.25, 0.3) is 6.08 Å². The second kappa shape index (κ2) is 4.73. The predicted molar refractivity (Wildman–Crippen MR) is 75.5 cm³/mol. The third kappa shape index (κ3) is 2.06. The Morgan fingerprint density at radius 1 is 1.00 bits per heavy atom. The molecule has 1 aliphatic rings. The summed E-state index contributed by atoms with van der Waals surface area (Å²) in [5.41, 5.74) is 2.79. The minimum Gasteiger partial charge on any atom is -0.497 e. The molecule has 0 aliphatic heterocycles. The van der Waals surface area contributed by atoms with E-state index in [9.17, 15) is 4.79 Å². The van der Waals surface area contributed by atoms with Crippen LogP contribution >= 0.6 is 0 Å². The number of hydrogen-bond acceptors (Lipinski definition) is 2. The van der Waals surface area contributed by atoms with Crippen molar-refractivity contribution in [2.75, 3.05) is 7.11 Å². The highest BCUT2D eigenvalue weighted by Gasteiger charge is 2.24. The van der Waals surface area contributed by atoms with Gasteiger partial charge in [-0.25, -0.2) is 0 Å². The topological polar surface area (TPSA) is 26.3 Å². The van der Waals surface area contributed by atoms with Crippen molar-refractivity contribution < 1.29 is 9.53 Å². The molecule has 0 saturated heterocycles. The van der Waals surface area contributed by atoms with Crippen LogP contribution in [0, 0.1) is 0 Å². The summed E-state index contributed by atoms with van der Waals surface area (Å²) in [5, 5.41) is 0. The number of benzene rings is 2. The van der Waals surface area contributed by atoms with Gasteiger partial charge < -0.3 is 4.74 Å². The molecule has 1 unspecified atom stereocenters. The summed E-state index contributed by atoms with van der Waals surface area (Å²) < 4.78 is 5.14. The lowest BCUT2D eigenvalue weighted by molar-refractivity contribution is 0.0975. The zero-order chi connectivity index (χ0) is 13.2. The minimum atomic E-state index is -0.194. The highest BCUT2D eigenvalue weighted by atomic mass is 16.5. The van der Waals surface area contributed by atoms with Crippen LogP contribution in [0.15, 0.2) is 54.6 Å². The molecule has 2 nitrogen and oxygen atoms in total. The van der Waals surface area contributed by atoms with Gasteiger partial charge in [0.15, 0.2) is 5.78 Å². The van der Waals surface area contributed by atoms with Crippen LogP contribution in [-0.4, -0.2) is 12.9 Å². The molecule has 1 atom stereocenters. The first kappa shape index (κ1) is 11.7. The summed E-state index contributed by atoms with van der Waals surface area (Å²) in [6.45, 7) is 0. The molecule has 0 radical (unpaired) electrons. The van der Waals surface area contributed by atoms with Gasteiger partial charge in [-0.1, -0.05) is 48.6 Å². The fraction of sp³-hybridized carbons (Fsp3) is 0.118. The number of carbonyl (C=O) groups excluding carboxylic acids is 1. The number of ketones is 1. The van der Waals surface area contributed by atoms with Crippen molar-refractivity contribution in [3.8, 4) is 5.75 Å². The largest absolute Gasteiger partial charge is 0.497 e. The van der Waals surface area contributed by atoms with Gasteiger partial charge in [-0.2, -0.15) is 0 Å². The van der Waals surface area contributed by atoms with Crippen LogP contribution in [0.2, 0.25) is 0 Å². The van der Waals surface area contributed by atoms with Gasteiger partial charge in [-0.05, 0) is 23.3 Å². The molecule has 2 heteroatoms. The lowest BCUT2D eigenvalue weighted by atomic mass is 9.84. The van der Waals surface area contributed by atoms with Crippen LogP contribution in [0.1, 0.15) is 27.4 Å². The van der Waals surface area contributed by atoms with E-state index in [4.69, 9.17) is 4.74 Å². The Hall–Kier alpha value is -2.35. The first-order valence-corrected chi connectivity index (χ1v) is 6.25. The molecule has 0 amide bonds. The van der Waals surface area contributed by atoms with Crippen molar-refractivity contribution >= 4 is 11.9 Å². The van der Waals surface area contributed by atoms with Gasteiger partial charge in [0.2, 0.25) is 0 Å². The number of rotatable bonds is 2. The molecule has 0 saturated carbocycles. The molecule has 2 aromatic rings. The lowest BCUT2D eigenvalue weighted by Gasteiger charge is -2.18. The third-order valence-corrected chi connectivity index (χ3v) is 3.45. The van der Waals surface area contributed by atoms with E-state index in [0.29, 0.717) is 0 Å². The van der Waals surface area contributed by atoms with Crippen LogP contribution in [-0.2, 0) is 0 Å². The van der Waals surface area contributed by atoms with Crippen LogP contribution in [0.3, 0.4) is 0 Å². The van der Waals surface area contributed by atoms with Crippen molar-refractivity contribution in [3.05, 3.63) is 71.3 Å². The van der Waals surface area contributed by atoms with Crippen molar-refractivity contribution in [2.45, 2.75) is 5.92 Å². The Balaban J connectivity index is 1.97. The molecule has 3 rings (SSSR count). The zero-order valence-electron chi connectivity index (χ0n) is 10.7. The van der Waals surface area contributed by atoms with Crippen molar-refractivity contribution in [1.82, 2.24) is 0 Å². The maximum absolute atomic E-state index is 12.5. The highest BCUT2D eigenvalue weighted by Crippen LogP contribution is 2.30. The average Bonchev–Trinajstić information content (AvgIpc) is 2.48. The molecular formula is C17H14O2. The predicted octanol–water partition coefficient (Wildman–Crippen LogP) is 3.69. The molecule has 0 fully saturated rings. The molecule has 0 N–H and O–H groups in total. The van der Waals surface area contributed by atoms with E-state index in [1.165, 1.54) is 0 Å². The van der Waals surface area contributed by atoms with E-state index in [1.807, 2.05) is 60.7 Å². The van der Waals surface area contributed by atoms with Crippen LogP contribution < -0.4 is 4.74 Å². The first-order chi connectivity index (χ1) is 9.29. The number of carbonyl (C=O) groups is 1. The second-order valence-electron chi connectivity index (χ2n) is 4.56. The van der Waals surface area contributed by atoms with Crippen molar-refractivity contribution in [1.29, 1.82) is 0 Å². The van der Waals surface area contributed by atoms with Gasteiger partial charge in [-0.15, -0.1) is 0 Å². The zero-order valence-corrected chi connectivity index (χ0v) is 10.7. The standard InChI is InChI=1S/C17H14O2/c1-19-14-9-6-13(7-10-14)16-11-8-12-4-2-3-5-15(12)17(16)18/h2-11,16H,1H3. The molecule has 0 aromatic heterocycles. The maximum Gasteiger partial charge on any atom is 0.174 e. The Morgan fingerprint density at radius 2 is 1.74 bits per heavy atom. The van der Waals surface area contributed by atoms with Gasteiger partial charge >= 0.3 is 0 Å². The van der Waals surface area contributed by atoms with Gasteiger partial charge in [-0.3, -0.25) is 4.79 Å². The smallest absolute Gasteiger partial charge is 0.174 e. The summed E-state index contributed by atoms with van der Waals surface area (Å²) in [6.07, 6.45) is 3.98.